The number of aliphatic hydroxyl groups excluding tert-OH is 2. The van der Waals surface area contributed by atoms with Crippen molar-refractivity contribution < 1.29 is 23.4 Å². The van der Waals surface area contributed by atoms with Crippen LogP contribution < -0.4 is 11.1 Å². The fourth-order valence-corrected chi connectivity index (χ4v) is 1.70. The molecular formula is C12H17F3N2O2. The van der Waals surface area contributed by atoms with E-state index in [1.165, 1.54) is 0 Å². The minimum Gasteiger partial charge on any atom is -0.398 e. The van der Waals surface area contributed by atoms with Crippen molar-refractivity contribution >= 4 is 5.69 Å². The van der Waals surface area contributed by atoms with E-state index < -0.39 is 29.6 Å². The molecule has 0 amide bonds. The maximum atomic E-state index is 12.5. The van der Waals surface area contributed by atoms with E-state index in [2.05, 4.69) is 5.32 Å². The van der Waals surface area contributed by atoms with Gasteiger partial charge in [0.2, 0.25) is 0 Å². The molecule has 0 heterocycles. The zero-order valence-electron chi connectivity index (χ0n) is 10.4. The number of benzene rings is 1. The predicted molar refractivity (Wildman–Crippen MR) is 65.4 cm³/mol. The van der Waals surface area contributed by atoms with Gasteiger partial charge in [-0.25, -0.2) is 0 Å². The number of hydrogen-bond acceptors (Lipinski definition) is 4. The van der Waals surface area contributed by atoms with Crippen molar-refractivity contribution in [1.29, 1.82) is 0 Å². The summed E-state index contributed by atoms with van der Waals surface area (Å²) in [5, 5.41) is 22.3. The quantitative estimate of drug-likeness (QED) is 0.612. The summed E-state index contributed by atoms with van der Waals surface area (Å²) < 4.78 is 37.5. The normalized spacial score (nSPS) is 15.3. The lowest BCUT2D eigenvalue weighted by atomic mass is 9.99. The molecular weight excluding hydrogens is 261 g/mol. The molecule has 0 aliphatic heterocycles. The molecule has 0 aliphatic rings. The van der Waals surface area contributed by atoms with Gasteiger partial charge in [0.1, 0.15) is 6.10 Å². The zero-order chi connectivity index (χ0) is 14.6. The number of anilines is 1. The van der Waals surface area contributed by atoms with Gasteiger partial charge in [-0.1, -0.05) is 6.07 Å². The summed E-state index contributed by atoms with van der Waals surface area (Å²) in [7, 11) is 1.69. The first-order chi connectivity index (χ1) is 8.77. The van der Waals surface area contributed by atoms with Crippen molar-refractivity contribution in [2.24, 2.45) is 0 Å². The molecule has 0 fully saturated rings. The summed E-state index contributed by atoms with van der Waals surface area (Å²) in [4.78, 5) is 0. The Balaban J connectivity index is 2.88. The van der Waals surface area contributed by atoms with Gasteiger partial charge in [-0.05, 0) is 37.7 Å². The van der Waals surface area contributed by atoms with Crippen LogP contribution in [0, 0.1) is 0 Å². The average Bonchev–Trinajstić information content (AvgIpc) is 2.33. The molecule has 19 heavy (non-hydrogen) atoms. The minimum absolute atomic E-state index is 0.161. The van der Waals surface area contributed by atoms with E-state index in [4.69, 9.17) is 5.73 Å². The number of nitrogens with two attached hydrogens (primary N) is 1. The van der Waals surface area contributed by atoms with E-state index in [9.17, 15) is 23.4 Å². The molecule has 0 aromatic heterocycles. The maximum absolute atomic E-state index is 12.5. The second kappa shape index (κ2) is 6.23. The zero-order valence-corrected chi connectivity index (χ0v) is 10.4. The third kappa shape index (κ3) is 4.09. The summed E-state index contributed by atoms with van der Waals surface area (Å²) in [5.74, 6) is 0. The SMILES string of the molecule is CNCCC(O)C(O)c1ccc(C(F)(F)F)c(N)c1. The van der Waals surface area contributed by atoms with Crippen LogP contribution in [0.4, 0.5) is 18.9 Å². The van der Waals surface area contributed by atoms with Gasteiger partial charge in [-0.2, -0.15) is 13.2 Å². The first-order valence-electron chi connectivity index (χ1n) is 5.74. The van der Waals surface area contributed by atoms with E-state index >= 15 is 0 Å². The molecule has 7 heteroatoms. The lowest BCUT2D eigenvalue weighted by molar-refractivity contribution is -0.136. The molecule has 108 valence electrons. The van der Waals surface area contributed by atoms with Gasteiger partial charge in [0.05, 0.1) is 11.7 Å². The van der Waals surface area contributed by atoms with E-state index in [-0.39, 0.29) is 12.0 Å². The number of aliphatic hydroxyl groups is 2. The summed E-state index contributed by atoms with van der Waals surface area (Å²) in [6.07, 6.45) is -6.58. The van der Waals surface area contributed by atoms with Crippen LogP contribution in [0.15, 0.2) is 18.2 Å². The molecule has 0 saturated heterocycles. The fourth-order valence-electron chi connectivity index (χ4n) is 1.70. The highest BCUT2D eigenvalue weighted by molar-refractivity contribution is 5.51. The van der Waals surface area contributed by atoms with E-state index in [1.54, 1.807) is 7.05 Å². The molecule has 2 unspecified atom stereocenters. The highest BCUT2D eigenvalue weighted by atomic mass is 19.4. The molecule has 0 saturated carbocycles. The summed E-state index contributed by atoms with van der Waals surface area (Å²) in [6.45, 7) is 0.480. The number of nitrogen functional groups attached to an aromatic ring is 1. The molecule has 1 aromatic rings. The molecule has 0 aliphatic carbocycles. The Kier molecular flexibility index (Phi) is 5.16. The molecule has 0 spiro atoms. The Morgan fingerprint density at radius 1 is 1.32 bits per heavy atom. The molecule has 2 atom stereocenters. The van der Waals surface area contributed by atoms with Crippen LogP contribution in [-0.4, -0.2) is 29.9 Å². The fraction of sp³-hybridized carbons (Fsp3) is 0.500. The Bertz CT molecular complexity index is 424. The van der Waals surface area contributed by atoms with Crippen LogP contribution in [0.25, 0.3) is 0 Å². The van der Waals surface area contributed by atoms with Crippen LogP contribution in [0.5, 0.6) is 0 Å². The highest BCUT2D eigenvalue weighted by Gasteiger charge is 2.33. The first kappa shape index (κ1) is 15.7. The van der Waals surface area contributed by atoms with Crippen molar-refractivity contribution in [1.82, 2.24) is 5.32 Å². The Morgan fingerprint density at radius 3 is 2.42 bits per heavy atom. The third-order valence-corrected chi connectivity index (χ3v) is 2.78. The van der Waals surface area contributed by atoms with Crippen molar-refractivity contribution in [3.05, 3.63) is 29.3 Å². The van der Waals surface area contributed by atoms with Gasteiger partial charge in [-0.3, -0.25) is 0 Å². The number of nitrogens with one attached hydrogen (secondary N) is 1. The molecule has 5 N–H and O–H groups in total. The molecule has 1 rings (SSSR count). The molecule has 0 radical (unpaired) electrons. The largest absolute Gasteiger partial charge is 0.418 e. The number of rotatable bonds is 5. The smallest absolute Gasteiger partial charge is 0.398 e. The van der Waals surface area contributed by atoms with Crippen LogP contribution in [0.1, 0.15) is 23.7 Å². The Labute approximate surface area is 109 Å². The van der Waals surface area contributed by atoms with Crippen LogP contribution in [0.3, 0.4) is 0 Å². The van der Waals surface area contributed by atoms with Crippen molar-refractivity contribution in [3.8, 4) is 0 Å². The van der Waals surface area contributed by atoms with Gasteiger partial charge in [0.15, 0.2) is 0 Å². The van der Waals surface area contributed by atoms with E-state index in [0.29, 0.717) is 6.54 Å². The van der Waals surface area contributed by atoms with Gasteiger partial charge in [0.25, 0.3) is 0 Å². The van der Waals surface area contributed by atoms with Crippen LogP contribution >= 0.6 is 0 Å². The van der Waals surface area contributed by atoms with Gasteiger partial charge in [-0.15, -0.1) is 0 Å². The van der Waals surface area contributed by atoms with Crippen molar-refractivity contribution in [2.45, 2.75) is 24.8 Å². The Hall–Kier alpha value is -1.31. The maximum Gasteiger partial charge on any atom is 0.418 e. The number of hydrogen-bond donors (Lipinski definition) is 4. The second-order valence-corrected chi connectivity index (χ2v) is 4.25. The van der Waals surface area contributed by atoms with Crippen molar-refractivity contribution in [3.63, 3.8) is 0 Å². The molecule has 4 nitrogen and oxygen atoms in total. The van der Waals surface area contributed by atoms with E-state index in [0.717, 1.165) is 18.2 Å². The topological polar surface area (TPSA) is 78.5 Å². The number of alkyl halides is 3. The summed E-state index contributed by atoms with van der Waals surface area (Å²) >= 11 is 0. The van der Waals surface area contributed by atoms with E-state index in [1.807, 2.05) is 0 Å². The third-order valence-electron chi connectivity index (χ3n) is 2.78. The van der Waals surface area contributed by atoms with Gasteiger partial charge in [0, 0.05) is 5.69 Å². The molecule has 0 bridgehead atoms. The average molecular weight is 278 g/mol. The molecule has 1 aromatic carbocycles. The highest BCUT2D eigenvalue weighted by Crippen LogP contribution is 2.35. The minimum atomic E-state index is -4.53. The summed E-state index contributed by atoms with van der Waals surface area (Å²) in [6, 6.07) is 2.96. The first-order valence-corrected chi connectivity index (χ1v) is 5.74. The summed E-state index contributed by atoms with van der Waals surface area (Å²) in [5.41, 5.74) is 4.06. The van der Waals surface area contributed by atoms with Gasteiger partial charge >= 0.3 is 6.18 Å². The lowest BCUT2D eigenvalue weighted by Crippen LogP contribution is -2.23. The van der Waals surface area contributed by atoms with Crippen LogP contribution in [0.2, 0.25) is 0 Å². The van der Waals surface area contributed by atoms with Gasteiger partial charge < -0.3 is 21.3 Å². The number of halogens is 3. The Morgan fingerprint density at radius 2 is 1.95 bits per heavy atom. The van der Waals surface area contributed by atoms with Crippen LogP contribution in [-0.2, 0) is 6.18 Å². The lowest BCUT2D eigenvalue weighted by Gasteiger charge is -2.19. The monoisotopic (exact) mass is 278 g/mol. The predicted octanol–water partition coefficient (Wildman–Crippen LogP) is 1.29. The van der Waals surface area contributed by atoms with Crippen molar-refractivity contribution in [2.75, 3.05) is 19.3 Å². The second-order valence-electron chi connectivity index (χ2n) is 4.25. The standard InChI is InChI=1S/C12H17F3N2O2/c1-17-5-4-10(18)11(19)7-2-3-8(9(16)6-7)12(13,14)15/h2-3,6,10-11,17-19H,4-5,16H2,1H3.